The summed E-state index contributed by atoms with van der Waals surface area (Å²) in [6, 6.07) is 0.169. The fourth-order valence-electron chi connectivity index (χ4n) is 1.92. The van der Waals surface area contributed by atoms with Crippen LogP contribution < -0.4 is 5.32 Å². The Labute approximate surface area is 104 Å². The first-order valence-corrected chi connectivity index (χ1v) is 7.98. The summed E-state index contributed by atoms with van der Waals surface area (Å²) in [5.41, 5.74) is 0. The minimum atomic E-state index is -2.85. The molecule has 0 aliphatic carbocycles. The number of rotatable bonds is 7. The highest BCUT2D eigenvalue weighted by Gasteiger charge is 2.23. The molecule has 0 amide bonds. The van der Waals surface area contributed by atoms with E-state index in [0.29, 0.717) is 26.2 Å². The van der Waals surface area contributed by atoms with Gasteiger partial charge in [0.1, 0.15) is 9.84 Å². The molecule has 2 atom stereocenters. The highest BCUT2D eigenvalue weighted by Crippen LogP contribution is 2.11. The van der Waals surface area contributed by atoms with Crippen molar-refractivity contribution in [3.63, 3.8) is 0 Å². The second kappa shape index (κ2) is 7.31. The topological polar surface area (TPSA) is 64.6 Å². The molecular weight excluding hydrogens is 242 g/mol. The Bertz CT molecular complexity index is 299. The van der Waals surface area contributed by atoms with Crippen LogP contribution >= 0.6 is 0 Å². The lowest BCUT2D eigenvalue weighted by atomic mass is 10.1. The van der Waals surface area contributed by atoms with E-state index in [1.807, 2.05) is 7.05 Å². The monoisotopic (exact) mass is 265 g/mol. The predicted molar refractivity (Wildman–Crippen MR) is 67.0 cm³/mol. The summed E-state index contributed by atoms with van der Waals surface area (Å²) in [6.45, 7) is 3.54. The Balaban J connectivity index is 2.31. The summed E-state index contributed by atoms with van der Waals surface area (Å²) in [5, 5.41) is 3.18. The third kappa shape index (κ3) is 5.33. The molecule has 0 radical (unpaired) electrons. The van der Waals surface area contributed by atoms with E-state index < -0.39 is 9.84 Å². The van der Waals surface area contributed by atoms with Crippen molar-refractivity contribution in [3.8, 4) is 0 Å². The van der Waals surface area contributed by atoms with E-state index in [1.165, 1.54) is 0 Å². The summed E-state index contributed by atoms with van der Waals surface area (Å²) in [6.07, 6.45) is 1.50. The Morgan fingerprint density at radius 2 is 2.18 bits per heavy atom. The number of likely N-dealkylation sites (N-methyl/N-ethyl adjacent to an activating group) is 1. The van der Waals surface area contributed by atoms with Gasteiger partial charge in [-0.15, -0.1) is 0 Å². The second-order valence-electron chi connectivity index (χ2n) is 4.26. The molecule has 5 nitrogen and oxygen atoms in total. The molecule has 0 bridgehead atoms. The average molecular weight is 265 g/mol. The van der Waals surface area contributed by atoms with Crippen molar-refractivity contribution >= 4 is 9.84 Å². The summed E-state index contributed by atoms with van der Waals surface area (Å²) in [4.78, 5) is 0. The van der Waals surface area contributed by atoms with Gasteiger partial charge in [-0.3, -0.25) is 0 Å². The zero-order chi connectivity index (χ0) is 12.7. The SMILES string of the molecule is CCS(=O)(=O)CCCC(NC)C1COCCO1. The lowest BCUT2D eigenvalue weighted by Gasteiger charge is -2.30. The molecule has 0 aromatic carbocycles. The van der Waals surface area contributed by atoms with Gasteiger partial charge in [0.2, 0.25) is 0 Å². The van der Waals surface area contributed by atoms with E-state index in [1.54, 1.807) is 6.92 Å². The van der Waals surface area contributed by atoms with Gasteiger partial charge in [0.15, 0.2) is 0 Å². The van der Waals surface area contributed by atoms with Crippen LogP contribution in [0.4, 0.5) is 0 Å². The molecule has 2 unspecified atom stereocenters. The first-order valence-electron chi connectivity index (χ1n) is 6.16. The largest absolute Gasteiger partial charge is 0.376 e. The van der Waals surface area contributed by atoms with Crippen molar-refractivity contribution in [1.29, 1.82) is 0 Å². The van der Waals surface area contributed by atoms with Crippen LogP contribution in [0.3, 0.4) is 0 Å². The Morgan fingerprint density at radius 1 is 1.41 bits per heavy atom. The summed E-state index contributed by atoms with van der Waals surface area (Å²) in [7, 11) is -0.982. The summed E-state index contributed by atoms with van der Waals surface area (Å²) in [5.74, 6) is 0.482. The van der Waals surface area contributed by atoms with Crippen molar-refractivity contribution in [1.82, 2.24) is 5.32 Å². The normalized spacial score (nSPS) is 23.5. The molecule has 1 saturated heterocycles. The summed E-state index contributed by atoms with van der Waals surface area (Å²) >= 11 is 0. The smallest absolute Gasteiger partial charge is 0.150 e. The van der Waals surface area contributed by atoms with Crippen LogP contribution in [0.25, 0.3) is 0 Å². The van der Waals surface area contributed by atoms with Gasteiger partial charge >= 0.3 is 0 Å². The Hall–Kier alpha value is -0.170. The molecule has 1 heterocycles. The molecule has 0 aromatic heterocycles. The van der Waals surface area contributed by atoms with Crippen LogP contribution in [0.5, 0.6) is 0 Å². The molecule has 1 fully saturated rings. The first kappa shape index (κ1) is 14.9. The third-order valence-corrected chi connectivity index (χ3v) is 4.86. The van der Waals surface area contributed by atoms with Crippen LogP contribution in [0.1, 0.15) is 19.8 Å². The quantitative estimate of drug-likeness (QED) is 0.712. The maximum Gasteiger partial charge on any atom is 0.150 e. The fraction of sp³-hybridized carbons (Fsp3) is 1.00. The van der Waals surface area contributed by atoms with Gasteiger partial charge in [-0.05, 0) is 19.9 Å². The molecule has 1 aliphatic rings. The Kier molecular flexibility index (Phi) is 6.40. The minimum Gasteiger partial charge on any atom is -0.376 e. The molecule has 17 heavy (non-hydrogen) atoms. The predicted octanol–water partition coefficient (Wildman–Crippen LogP) is 0.205. The maximum atomic E-state index is 11.4. The van der Waals surface area contributed by atoms with E-state index in [4.69, 9.17) is 9.47 Å². The van der Waals surface area contributed by atoms with Gasteiger partial charge in [-0.2, -0.15) is 0 Å². The van der Waals surface area contributed by atoms with Crippen LogP contribution in [0.2, 0.25) is 0 Å². The van der Waals surface area contributed by atoms with Gasteiger partial charge in [-0.1, -0.05) is 6.92 Å². The first-order chi connectivity index (χ1) is 8.09. The van der Waals surface area contributed by atoms with Crippen molar-refractivity contribution in [2.45, 2.75) is 31.9 Å². The molecule has 6 heteroatoms. The lowest BCUT2D eigenvalue weighted by molar-refractivity contribution is -0.101. The maximum absolute atomic E-state index is 11.4. The zero-order valence-corrected chi connectivity index (χ0v) is 11.5. The van der Waals surface area contributed by atoms with Crippen molar-refractivity contribution in [2.24, 2.45) is 0 Å². The number of hydrogen-bond acceptors (Lipinski definition) is 5. The molecule has 1 aliphatic heterocycles. The van der Waals surface area contributed by atoms with E-state index in [2.05, 4.69) is 5.32 Å². The van der Waals surface area contributed by atoms with Gasteiger partial charge in [0, 0.05) is 11.8 Å². The van der Waals surface area contributed by atoms with Crippen molar-refractivity contribution < 1.29 is 17.9 Å². The lowest BCUT2D eigenvalue weighted by Crippen LogP contribution is -2.45. The standard InChI is InChI=1S/C11H23NO4S/c1-3-17(13,14)8-4-5-10(12-2)11-9-15-6-7-16-11/h10-12H,3-9H2,1-2H3. The van der Waals surface area contributed by atoms with Gasteiger partial charge in [-0.25, -0.2) is 8.42 Å². The fourth-order valence-corrected chi connectivity index (χ4v) is 2.82. The number of sulfone groups is 1. The minimum absolute atomic E-state index is 0.0399. The zero-order valence-electron chi connectivity index (χ0n) is 10.6. The molecule has 0 aromatic rings. The molecule has 1 rings (SSSR count). The summed E-state index contributed by atoms with van der Waals surface area (Å²) < 4.78 is 33.7. The number of hydrogen-bond donors (Lipinski definition) is 1. The van der Waals surface area contributed by atoms with Crippen LogP contribution in [0, 0.1) is 0 Å². The molecular formula is C11H23NO4S. The van der Waals surface area contributed by atoms with Crippen LogP contribution in [-0.2, 0) is 19.3 Å². The van der Waals surface area contributed by atoms with Gasteiger partial charge < -0.3 is 14.8 Å². The molecule has 0 saturated carbocycles. The number of ether oxygens (including phenoxy) is 2. The number of nitrogens with one attached hydrogen (secondary N) is 1. The molecule has 0 spiro atoms. The van der Waals surface area contributed by atoms with Crippen LogP contribution in [0.15, 0.2) is 0 Å². The van der Waals surface area contributed by atoms with E-state index >= 15 is 0 Å². The van der Waals surface area contributed by atoms with Gasteiger partial charge in [0.05, 0.1) is 31.7 Å². The van der Waals surface area contributed by atoms with E-state index in [-0.39, 0.29) is 23.7 Å². The van der Waals surface area contributed by atoms with Gasteiger partial charge in [0.25, 0.3) is 0 Å². The van der Waals surface area contributed by atoms with Crippen LogP contribution in [-0.4, -0.2) is 58.9 Å². The molecule has 1 N–H and O–H groups in total. The van der Waals surface area contributed by atoms with Crippen molar-refractivity contribution in [3.05, 3.63) is 0 Å². The highest BCUT2D eigenvalue weighted by molar-refractivity contribution is 7.91. The van der Waals surface area contributed by atoms with E-state index in [0.717, 1.165) is 6.42 Å². The van der Waals surface area contributed by atoms with Crippen molar-refractivity contribution in [2.75, 3.05) is 38.4 Å². The second-order valence-corrected chi connectivity index (χ2v) is 6.73. The Morgan fingerprint density at radius 3 is 2.71 bits per heavy atom. The highest BCUT2D eigenvalue weighted by atomic mass is 32.2. The third-order valence-electron chi connectivity index (χ3n) is 3.07. The van der Waals surface area contributed by atoms with E-state index in [9.17, 15) is 8.42 Å². The average Bonchev–Trinajstić information content (AvgIpc) is 2.36. The molecule has 102 valence electrons.